The van der Waals surface area contributed by atoms with Crippen molar-refractivity contribution in [1.29, 1.82) is 0 Å². The van der Waals surface area contributed by atoms with Crippen molar-refractivity contribution in [2.45, 2.75) is 58.0 Å². The van der Waals surface area contributed by atoms with Crippen LogP contribution >= 0.6 is 23.2 Å². The van der Waals surface area contributed by atoms with Crippen LogP contribution in [0.3, 0.4) is 0 Å². The maximum absolute atomic E-state index is 13.3. The third-order valence-electron chi connectivity index (χ3n) is 7.97. The molecular weight excluding hydrogens is 637 g/mol. The number of hydrogen-bond donors (Lipinski definition) is 1. The van der Waals surface area contributed by atoms with Crippen molar-refractivity contribution in [3.05, 3.63) is 142 Å². The van der Waals surface area contributed by atoms with E-state index in [9.17, 15) is 19.5 Å². The number of halogens is 2. The summed E-state index contributed by atoms with van der Waals surface area (Å²) in [5.41, 5.74) is 3.80. The Kier molecular flexibility index (Phi) is 14.0. The highest BCUT2D eigenvalue weighted by Gasteiger charge is 2.25. The molecule has 2 atom stereocenters. The Hall–Kier alpha value is -4.01. The second kappa shape index (κ2) is 18.4. The van der Waals surface area contributed by atoms with Crippen LogP contribution in [0.4, 0.5) is 0 Å². The van der Waals surface area contributed by atoms with Crippen LogP contribution in [0.15, 0.2) is 103 Å². The lowest BCUT2D eigenvalue weighted by Gasteiger charge is -2.30. The minimum Gasteiger partial charge on any atom is -0.478 e. The van der Waals surface area contributed by atoms with Crippen LogP contribution < -0.4 is 0 Å². The quantitative estimate of drug-likeness (QED) is 0.151. The maximum atomic E-state index is 13.3. The van der Waals surface area contributed by atoms with Gasteiger partial charge in [0.1, 0.15) is 0 Å². The van der Waals surface area contributed by atoms with Crippen molar-refractivity contribution in [2.75, 3.05) is 13.2 Å². The average Bonchev–Trinajstić information content (AvgIpc) is 3.08. The smallest absolute Gasteiger partial charge is 0.336 e. The normalized spacial score (nSPS) is 15.6. The summed E-state index contributed by atoms with van der Waals surface area (Å²) in [6.07, 6.45) is 3.59. The number of carboxylic acid groups (broad SMARTS) is 1. The summed E-state index contributed by atoms with van der Waals surface area (Å²) in [4.78, 5) is 37.1. The Morgan fingerprint density at radius 2 is 1.38 bits per heavy atom. The fourth-order valence-corrected chi connectivity index (χ4v) is 5.84. The first-order chi connectivity index (χ1) is 22.7. The lowest BCUT2D eigenvalue weighted by Crippen LogP contribution is -2.35. The topological polar surface area (TPSA) is 93.1 Å². The molecule has 2 unspecified atom stereocenters. The molecule has 1 aliphatic carbocycles. The first-order valence-corrected chi connectivity index (χ1v) is 16.4. The number of carboxylic acids is 1. The Bertz CT molecular complexity index is 1620. The minimum atomic E-state index is -0.932. The zero-order valence-corrected chi connectivity index (χ0v) is 27.8. The van der Waals surface area contributed by atoms with Gasteiger partial charge in [-0.2, -0.15) is 0 Å². The van der Waals surface area contributed by atoms with Crippen molar-refractivity contribution >= 4 is 40.3 Å². The van der Waals surface area contributed by atoms with Crippen LogP contribution in [0, 0.1) is 6.92 Å². The molecule has 47 heavy (non-hydrogen) atoms. The molecular formula is C38H39Cl2NO6. The van der Waals surface area contributed by atoms with Gasteiger partial charge in [-0.15, -0.1) is 0 Å². The van der Waals surface area contributed by atoms with E-state index < -0.39 is 11.2 Å². The van der Waals surface area contributed by atoms with E-state index in [4.69, 9.17) is 32.7 Å². The summed E-state index contributed by atoms with van der Waals surface area (Å²) in [5.74, 6) is -0.996. The summed E-state index contributed by atoms with van der Waals surface area (Å²) in [6, 6.07) is 31.0. The molecule has 1 fully saturated rings. The number of carbonyl (C=O) groups excluding carboxylic acids is 2. The van der Waals surface area contributed by atoms with E-state index in [1.54, 1.807) is 42.2 Å². The molecule has 5 rings (SSSR count). The van der Waals surface area contributed by atoms with Gasteiger partial charge in [-0.1, -0.05) is 96.5 Å². The predicted molar refractivity (Wildman–Crippen MR) is 184 cm³/mol. The van der Waals surface area contributed by atoms with Gasteiger partial charge in [-0.3, -0.25) is 9.59 Å². The van der Waals surface area contributed by atoms with Gasteiger partial charge in [0, 0.05) is 29.2 Å². The third kappa shape index (κ3) is 11.0. The fourth-order valence-electron chi connectivity index (χ4n) is 5.51. The van der Waals surface area contributed by atoms with E-state index in [1.807, 2.05) is 72.8 Å². The molecule has 0 radical (unpaired) electrons. The van der Waals surface area contributed by atoms with Crippen LogP contribution in [0.5, 0.6) is 0 Å². The second-order valence-electron chi connectivity index (χ2n) is 11.3. The standard InChI is InChI=1S/C31H34ClNO5.C7H5ClO/c1-22-9-7-13-25(29(22)31(35)36)21-38-27-15-8-14-26(19-27)37-18-17-33(20-24-12-5-6-16-28(24)32)30(34)23-10-3-2-4-11-23;8-7(9)6-4-2-1-3-5-6/h2-7,9-13,16,26-27H,8,14-15,17-21H2,1H3,(H,35,36);1-5H. The molecule has 0 aromatic heterocycles. The second-order valence-corrected chi connectivity index (χ2v) is 12.1. The van der Waals surface area contributed by atoms with Crippen molar-refractivity contribution in [1.82, 2.24) is 4.90 Å². The van der Waals surface area contributed by atoms with E-state index in [0.29, 0.717) is 47.0 Å². The number of amides is 1. The average molecular weight is 677 g/mol. The number of carbonyl (C=O) groups is 3. The highest BCUT2D eigenvalue weighted by Crippen LogP contribution is 2.26. The largest absolute Gasteiger partial charge is 0.478 e. The van der Waals surface area contributed by atoms with Gasteiger partial charge >= 0.3 is 5.97 Å². The molecule has 0 heterocycles. The Morgan fingerprint density at radius 3 is 2.00 bits per heavy atom. The van der Waals surface area contributed by atoms with E-state index >= 15 is 0 Å². The van der Waals surface area contributed by atoms with E-state index in [2.05, 4.69) is 0 Å². The Balaban J connectivity index is 0.000000479. The first kappa shape index (κ1) is 35.8. The van der Waals surface area contributed by atoms with E-state index in [-0.39, 0.29) is 24.7 Å². The summed E-state index contributed by atoms with van der Waals surface area (Å²) in [7, 11) is 0. The number of aromatic carboxylic acids is 1. The number of rotatable bonds is 12. The van der Waals surface area contributed by atoms with Gasteiger partial charge in [0.15, 0.2) is 0 Å². The van der Waals surface area contributed by atoms with Gasteiger partial charge in [0.05, 0.1) is 31.0 Å². The summed E-state index contributed by atoms with van der Waals surface area (Å²) in [6.45, 7) is 3.30. The predicted octanol–water partition coefficient (Wildman–Crippen LogP) is 8.60. The summed E-state index contributed by atoms with van der Waals surface area (Å²) in [5, 5.41) is 9.80. The lowest BCUT2D eigenvalue weighted by molar-refractivity contribution is -0.0530. The van der Waals surface area contributed by atoms with Crippen LogP contribution in [0.2, 0.25) is 5.02 Å². The maximum Gasteiger partial charge on any atom is 0.336 e. The molecule has 0 aliphatic heterocycles. The van der Waals surface area contributed by atoms with Crippen LogP contribution in [-0.2, 0) is 22.6 Å². The van der Waals surface area contributed by atoms with Gasteiger partial charge in [-0.05, 0) is 79.1 Å². The number of nitrogens with zero attached hydrogens (tertiary/aromatic N) is 1. The molecule has 4 aromatic carbocycles. The summed E-state index contributed by atoms with van der Waals surface area (Å²) >= 11 is 11.5. The SMILES string of the molecule is Cc1cccc(COC2CCCC(OCCN(Cc3ccccc3Cl)C(=O)c3ccccc3)C2)c1C(=O)O.O=C(Cl)c1ccccc1. The van der Waals surface area contributed by atoms with Gasteiger partial charge in [-0.25, -0.2) is 4.79 Å². The molecule has 0 bridgehead atoms. The summed E-state index contributed by atoms with van der Waals surface area (Å²) < 4.78 is 12.4. The van der Waals surface area contributed by atoms with Gasteiger partial charge in [0.25, 0.3) is 11.1 Å². The third-order valence-corrected chi connectivity index (χ3v) is 8.55. The number of hydrogen-bond acceptors (Lipinski definition) is 5. The van der Waals surface area contributed by atoms with Crippen LogP contribution in [0.25, 0.3) is 0 Å². The fraction of sp³-hybridized carbons (Fsp3) is 0.289. The monoisotopic (exact) mass is 675 g/mol. The van der Waals surface area contributed by atoms with Crippen LogP contribution in [0.1, 0.15) is 73.4 Å². The Morgan fingerprint density at radius 1 is 0.787 bits per heavy atom. The first-order valence-electron chi connectivity index (χ1n) is 15.6. The van der Waals surface area contributed by atoms with Crippen molar-refractivity contribution in [3.63, 3.8) is 0 Å². The molecule has 1 saturated carbocycles. The zero-order valence-electron chi connectivity index (χ0n) is 26.3. The van der Waals surface area contributed by atoms with E-state index in [1.165, 1.54) is 0 Å². The van der Waals surface area contributed by atoms with Crippen LogP contribution in [-0.4, -0.2) is 52.5 Å². The lowest BCUT2D eigenvalue weighted by atomic mass is 9.94. The molecule has 0 spiro atoms. The van der Waals surface area contributed by atoms with E-state index in [0.717, 1.165) is 36.8 Å². The molecule has 1 aliphatic rings. The molecule has 1 amide bonds. The number of aryl methyl sites for hydroxylation is 1. The molecule has 7 nitrogen and oxygen atoms in total. The molecule has 9 heteroatoms. The zero-order chi connectivity index (χ0) is 33.6. The highest BCUT2D eigenvalue weighted by atomic mass is 35.5. The van der Waals surface area contributed by atoms with Crippen molar-refractivity contribution in [3.8, 4) is 0 Å². The molecule has 1 N–H and O–H groups in total. The number of ether oxygens (including phenoxy) is 2. The molecule has 0 saturated heterocycles. The van der Waals surface area contributed by atoms with Gasteiger partial charge < -0.3 is 19.5 Å². The van der Waals surface area contributed by atoms with Crippen molar-refractivity contribution < 1.29 is 29.0 Å². The highest BCUT2D eigenvalue weighted by molar-refractivity contribution is 6.67. The van der Waals surface area contributed by atoms with Gasteiger partial charge in [0.2, 0.25) is 0 Å². The molecule has 246 valence electrons. The Labute approximate surface area is 286 Å². The minimum absolute atomic E-state index is 0.00101. The molecule has 4 aromatic rings. The van der Waals surface area contributed by atoms with Crippen molar-refractivity contribution in [2.24, 2.45) is 0 Å². The number of benzene rings is 4.